The van der Waals surface area contributed by atoms with Crippen LogP contribution >= 0.6 is 0 Å². The summed E-state index contributed by atoms with van der Waals surface area (Å²) in [4.78, 5) is 26.2. The molecule has 0 aromatic heterocycles. The van der Waals surface area contributed by atoms with E-state index in [1.165, 1.54) is 0 Å². The zero-order valence-corrected chi connectivity index (χ0v) is 11.6. The van der Waals surface area contributed by atoms with Gasteiger partial charge in [0.15, 0.2) is 0 Å². The summed E-state index contributed by atoms with van der Waals surface area (Å²) in [6.07, 6.45) is 0.422. The van der Waals surface area contributed by atoms with Crippen LogP contribution in [0.1, 0.15) is 12.8 Å². The zero-order valence-electron chi connectivity index (χ0n) is 11.6. The molecular weight excluding hydrogens is 250 g/mol. The Labute approximate surface area is 113 Å². The van der Waals surface area contributed by atoms with Crippen molar-refractivity contribution in [3.05, 3.63) is 0 Å². The molecule has 0 spiro atoms. The van der Waals surface area contributed by atoms with E-state index in [-0.39, 0.29) is 12.5 Å². The summed E-state index contributed by atoms with van der Waals surface area (Å²) in [5.74, 6) is -0.904. The lowest BCUT2D eigenvalue weighted by atomic mass is 10.2. The maximum absolute atomic E-state index is 11.9. The van der Waals surface area contributed by atoms with Gasteiger partial charge in [0, 0.05) is 19.6 Å². The Balaban J connectivity index is 2.25. The maximum Gasteiger partial charge on any atom is 0.317 e. The van der Waals surface area contributed by atoms with Crippen molar-refractivity contribution in [2.75, 3.05) is 46.9 Å². The van der Waals surface area contributed by atoms with Crippen LogP contribution in [0.15, 0.2) is 0 Å². The van der Waals surface area contributed by atoms with Crippen molar-refractivity contribution in [2.24, 2.45) is 0 Å². The van der Waals surface area contributed by atoms with Gasteiger partial charge in [0.2, 0.25) is 0 Å². The van der Waals surface area contributed by atoms with E-state index >= 15 is 0 Å². The monoisotopic (exact) mass is 273 g/mol. The number of hydrogen-bond donors (Lipinski definition) is 2. The number of nitrogens with one attached hydrogen (secondary N) is 1. The normalized spacial score (nSPS) is 19.5. The average molecular weight is 273 g/mol. The molecular formula is C12H23N3O4. The van der Waals surface area contributed by atoms with Crippen molar-refractivity contribution in [1.82, 2.24) is 15.1 Å². The fraction of sp³-hybridized carbons (Fsp3) is 0.833. The first kappa shape index (κ1) is 15.7. The Morgan fingerprint density at radius 3 is 2.84 bits per heavy atom. The fourth-order valence-corrected chi connectivity index (χ4v) is 1.92. The lowest BCUT2D eigenvalue weighted by Gasteiger charge is -2.32. The number of carbonyl (C=O) groups excluding carboxylic acids is 1. The van der Waals surface area contributed by atoms with Crippen LogP contribution in [0.5, 0.6) is 0 Å². The number of amides is 2. The SMILES string of the molecule is CN(C)CCCNC(=O)N1CCOC(CC(=O)O)C1. The number of carbonyl (C=O) groups is 2. The first-order chi connectivity index (χ1) is 8.99. The van der Waals surface area contributed by atoms with E-state index in [0.717, 1.165) is 13.0 Å². The predicted molar refractivity (Wildman–Crippen MR) is 70.1 cm³/mol. The largest absolute Gasteiger partial charge is 0.481 e. The molecule has 0 radical (unpaired) electrons. The second-order valence-electron chi connectivity index (χ2n) is 4.93. The second kappa shape index (κ2) is 7.96. The molecule has 0 saturated carbocycles. The third-order valence-corrected chi connectivity index (χ3v) is 2.89. The van der Waals surface area contributed by atoms with Gasteiger partial charge in [0.1, 0.15) is 0 Å². The minimum Gasteiger partial charge on any atom is -0.481 e. The molecule has 2 N–H and O–H groups in total. The first-order valence-corrected chi connectivity index (χ1v) is 6.50. The number of nitrogens with zero attached hydrogens (tertiary/aromatic N) is 2. The van der Waals surface area contributed by atoms with E-state index < -0.39 is 12.1 Å². The summed E-state index contributed by atoms with van der Waals surface area (Å²) in [6, 6.07) is -0.141. The van der Waals surface area contributed by atoms with Crippen LogP contribution < -0.4 is 5.32 Å². The van der Waals surface area contributed by atoms with Crippen LogP contribution in [0, 0.1) is 0 Å². The Hall–Kier alpha value is -1.34. The number of carboxylic acid groups (broad SMARTS) is 1. The highest BCUT2D eigenvalue weighted by atomic mass is 16.5. The molecule has 1 atom stereocenters. The molecule has 7 nitrogen and oxygen atoms in total. The molecule has 110 valence electrons. The molecule has 1 aliphatic heterocycles. The molecule has 2 amide bonds. The summed E-state index contributed by atoms with van der Waals surface area (Å²) in [5, 5.41) is 11.6. The van der Waals surface area contributed by atoms with Crippen molar-refractivity contribution >= 4 is 12.0 Å². The summed E-state index contributed by atoms with van der Waals surface area (Å²) in [7, 11) is 3.97. The highest BCUT2D eigenvalue weighted by Crippen LogP contribution is 2.08. The van der Waals surface area contributed by atoms with E-state index in [9.17, 15) is 9.59 Å². The van der Waals surface area contributed by atoms with Gasteiger partial charge in [0.05, 0.1) is 19.1 Å². The van der Waals surface area contributed by atoms with Gasteiger partial charge in [-0.15, -0.1) is 0 Å². The summed E-state index contributed by atoms with van der Waals surface area (Å²) in [5.41, 5.74) is 0. The van der Waals surface area contributed by atoms with E-state index in [2.05, 4.69) is 10.2 Å². The van der Waals surface area contributed by atoms with Gasteiger partial charge in [-0.25, -0.2) is 4.79 Å². The van der Waals surface area contributed by atoms with Gasteiger partial charge in [-0.2, -0.15) is 0 Å². The number of hydrogen-bond acceptors (Lipinski definition) is 4. The van der Waals surface area contributed by atoms with Gasteiger partial charge in [-0.05, 0) is 27.1 Å². The van der Waals surface area contributed by atoms with Crippen LogP contribution in [0.2, 0.25) is 0 Å². The molecule has 0 bridgehead atoms. The van der Waals surface area contributed by atoms with Crippen LogP contribution in [-0.4, -0.2) is 79.9 Å². The molecule has 0 aromatic rings. The lowest BCUT2D eigenvalue weighted by molar-refractivity contribution is -0.141. The van der Waals surface area contributed by atoms with Crippen LogP contribution in [0.3, 0.4) is 0 Å². The molecule has 1 heterocycles. The van der Waals surface area contributed by atoms with Crippen molar-refractivity contribution in [3.63, 3.8) is 0 Å². The quantitative estimate of drug-likeness (QED) is 0.656. The third-order valence-electron chi connectivity index (χ3n) is 2.89. The first-order valence-electron chi connectivity index (χ1n) is 6.50. The van der Waals surface area contributed by atoms with E-state index in [0.29, 0.717) is 26.2 Å². The minimum absolute atomic E-state index is 0.0651. The summed E-state index contributed by atoms with van der Waals surface area (Å²) in [6.45, 7) is 2.79. The lowest BCUT2D eigenvalue weighted by Crippen LogP contribution is -2.50. The van der Waals surface area contributed by atoms with E-state index in [1.54, 1.807) is 4.90 Å². The predicted octanol–water partition coefficient (Wildman–Crippen LogP) is -0.177. The second-order valence-corrected chi connectivity index (χ2v) is 4.93. The van der Waals surface area contributed by atoms with Crippen molar-refractivity contribution in [1.29, 1.82) is 0 Å². The Morgan fingerprint density at radius 2 is 2.21 bits per heavy atom. The molecule has 1 rings (SSSR count). The standard InChI is InChI=1S/C12H23N3O4/c1-14(2)5-3-4-13-12(18)15-6-7-19-10(9-15)8-11(16)17/h10H,3-9H2,1-2H3,(H,13,18)(H,16,17). The molecule has 1 fully saturated rings. The Kier molecular flexibility index (Phi) is 6.58. The molecule has 1 unspecified atom stereocenters. The van der Waals surface area contributed by atoms with E-state index in [1.807, 2.05) is 14.1 Å². The minimum atomic E-state index is -0.904. The van der Waals surface area contributed by atoms with Gasteiger partial charge in [0.25, 0.3) is 0 Å². The maximum atomic E-state index is 11.9. The van der Waals surface area contributed by atoms with Gasteiger partial charge >= 0.3 is 12.0 Å². The molecule has 1 aliphatic rings. The number of morpholine rings is 1. The van der Waals surface area contributed by atoms with Gasteiger partial charge < -0.3 is 25.0 Å². The van der Waals surface area contributed by atoms with Crippen molar-refractivity contribution in [3.8, 4) is 0 Å². The van der Waals surface area contributed by atoms with Crippen LogP contribution in [0.4, 0.5) is 4.79 Å². The number of carboxylic acids is 1. The fourth-order valence-electron chi connectivity index (χ4n) is 1.92. The van der Waals surface area contributed by atoms with Gasteiger partial charge in [-0.3, -0.25) is 4.79 Å². The van der Waals surface area contributed by atoms with Crippen molar-refractivity contribution < 1.29 is 19.4 Å². The van der Waals surface area contributed by atoms with Crippen LogP contribution in [0.25, 0.3) is 0 Å². The third kappa shape index (κ3) is 6.40. The topological polar surface area (TPSA) is 82.1 Å². The Bertz CT molecular complexity index is 309. The molecule has 0 aromatic carbocycles. The molecule has 19 heavy (non-hydrogen) atoms. The van der Waals surface area contributed by atoms with Crippen molar-refractivity contribution in [2.45, 2.75) is 18.9 Å². The molecule has 1 saturated heterocycles. The number of aliphatic carboxylic acids is 1. The molecule has 7 heteroatoms. The smallest absolute Gasteiger partial charge is 0.317 e. The average Bonchev–Trinajstić information content (AvgIpc) is 2.33. The van der Waals surface area contributed by atoms with Crippen LogP contribution in [-0.2, 0) is 9.53 Å². The van der Waals surface area contributed by atoms with Gasteiger partial charge in [-0.1, -0.05) is 0 Å². The highest BCUT2D eigenvalue weighted by molar-refractivity contribution is 5.74. The Morgan fingerprint density at radius 1 is 1.47 bits per heavy atom. The highest BCUT2D eigenvalue weighted by Gasteiger charge is 2.25. The summed E-state index contributed by atoms with van der Waals surface area (Å²) >= 11 is 0. The molecule has 0 aliphatic carbocycles. The number of urea groups is 1. The zero-order chi connectivity index (χ0) is 14.3. The van der Waals surface area contributed by atoms with E-state index in [4.69, 9.17) is 9.84 Å². The number of rotatable bonds is 6. The summed E-state index contributed by atoms with van der Waals surface area (Å²) < 4.78 is 5.32. The number of ether oxygens (including phenoxy) is 1.